The number of ether oxygens (including phenoxy) is 1. The second-order valence-electron chi connectivity index (χ2n) is 10.7. The molecule has 184 valence electrons. The molecule has 33 heavy (non-hydrogen) atoms. The van der Waals surface area contributed by atoms with E-state index in [0.717, 1.165) is 45.3 Å². The molecule has 0 N–H and O–H groups in total. The molecule has 5 rings (SSSR count). The minimum atomic E-state index is 0. The highest BCUT2D eigenvalue weighted by Crippen LogP contribution is 2.45. The van der Waals surface area contributed by atoms with E-state index in [-0.39, 0.29) is 12.4 Å². The summed E-state index contributed by atoms with van der Waals surface area (Å²) < 4.78 is 5.61. The van der Waals surface area contributed by atoms with Crippen LogP contribution in [0.4, 0.5) is 11.4 Å². The molecule has 2 saturated heterocycles. The molecule has 0 unspecified atom stereocenters. The van der Waals surface area contributed by atoms with Gasteiger partial charge in [-0.1, -0.05) is 32.8 Å². The van der Waals surface area contributed by atoms with Crippen LogP contribution in [0.25, 0.3) is 5.57 Å². The van der Waals surface area contributed by atoms with Gasteiger partial charge in [0.1, 0.15) is 0 Å². The van der Waals surface area contributed by atoms with Gasteiger partial charge < -0.3 is 14.5 Å². The van der Waals surface area contributed by atoms with Crippen LogP contribution in [0.15, 0.2) is 24.3 Å². The first kappa shape index (κ1) is 24.9. The van der Waals surface area contributed by atoms with Crippen molar-refractivity contribution >= 4 is 29.4 Å². The molecular formula is C28H44ClN3O. The van der Waals surface area contributed by atoms with Gasteiger partial charge in [-0.05, 0) is 67.2 Å². The molecule has 5 heteroatoms. The molecule has 2 heterocycles. The van der Waals surface area contributed by atoms with E-state index in [2.05, 4.69) is 52.8 Å². The molecule has 4 aliphatic rings. The Kier molecular flexibility index (Phi) is 8.30. The molecule has 4 nitrogen and oxygen atoms in total. The maximum absolute atomic E-state index is 5.61. The molecule has 0 radical (unpaired) electrons. The smallest absolute Gasteiger partial charge is 0.0642 e. The van der Waals surface area contributed by atoms with Crippen LogP contribution in [0.2, 0.25) is 0 Å². The Morgan fingerprint density at radius 2 is 1.67 bits per heavy atom. The number of piperazine rings is 1. The fourth-order valence-corrected chi connectivity index (χ4v) is 5.99. The van der Waals surface area contributed by atoms with Crippen molar-refractivity contribution in [2.45, 2.75) is 58.8 Å². The van der Waals surface area contributed by atoms with Crippen molar-refractivity contribution in [2.24, 2.45) is 11.3 Å². The predicted octanol–water partition coefficient (Wildman–Crippen LogP) is 5.85. The minimum absolute atomic E-state index is 0. The number of morpholine rings is 1. The van der Waals surface area contributed by atoms with E-state index in [1.54, 1.807) is 5.57 Å². The van der Waals surface area contributed by atoms with Gasteiger partial charge in [0, 0.05) is 62.8 Å². The maximum Gasteiger partial charge on any atom is 0.0642 e. The quantitative estimate of drug-likeness (QED) is 0.494. The third-order valence-corrected chi connectivity index (χ3v) is 8.83. The van der Waals surface area contributed by atoms with E-state index in [9.17, 15) is 0 Å². The van der Waals surface area contributed by atoms with E-state index < -0.39 is 0 Å². The lowest BCUT2D eigenvalue weighted by Crippen LogP contribution is -2.47. The Balaban J connectivity index is 0.00000259. The van der Waals surface area contributed by atoms with Crippen LogP contribution in [0, 0.1) is 11.3 Å². The van der Waals surface area contributed by atoms with Crippen LogP contribution in [0.1, 0.15) is 64.4 Å². The summed E-state index contributed by atoms with van der Waals surface area (Å²) in [6.45, 7) is 14.6. The number of hydrogen-bond donors (Lipinski definition) is 0. The molecule has 0 amide bonds. The standard InChI is InChI=1S/C28H43N3O.ClH/c1-3-28(4-2)11-9-24(10-12-28)26-21-25(30-17-19-32-20-18-30)7-8-27(26)31-15-13-29(14-16-31)22-23-5-6-23;/h7-9,21,23H,3-6,10-20,22H2,1-2H3;1H. The van der Waals surface area contributed by atoms with Crippen LogP contribution < -0.4 is 9.80 Å². The Morgan fingerprint density at radius 3 is 2.27 bits per heavy atom. The molecule has 1 aromatic carbocycles. The van der Waals surface area contributed by atoms with Crippen LogP contribution in [0.3, 0.4) is 0 Å². The molecule has 0 atom stereocenters. The van der Waals surface area contributed by atoms with E-state index in [4.69, 9.17) is 4.74 Å². The van der Waals surface area contributed by atoms with E-state index >= 15 is 0 Å². The summed E-state index contributed by atoms with van der Waals surface area (Å²) in [5, 5.41) is 0. The lowest BCUT2D eigenvalue weighted by Gasteiger charge is -2.39. The molecule has 2 aliphatic heterocycles. The average molecular weight is 474 g/mol. The fourth-order valence-electron chi connectivity index (χ4n) is 5.99. The molecule has 1 aromatic rings. The highest BCUT2D eigenvalue weighted by molar-refractivity contribution is 5.85. The van der Waals surface area contributed by atoms with Crippen molar-refractivity contribution in [2.75, 3.05) is 68.8 Å². The minimum Gasteiger partial charge on any atom is -0.378 e. The highest BCUT2D eigenvalue weighted by Gasteiger charge is 2.31. The predicted molar refractivity (Wildman–Crippen MR) is 143 cm³/mol. The molecule has 2 aliphatic carbocycles. The van der Waals surface area contributed by atoms with E-state index in [1.807, 2.05) is 0 Å². The zero-order valence-corrected chi connectivity index (χ0v) is 21.7. The highest BCUT2D eigenvalue weighted by atomic mass is 35.5. The summed E-state index contributed by atoms with van der Waals surface area (Å²) in [6, 6.07) is 7.31. The van der Waals surface area contributed by atoms with Gasteiger partial charge in [0.05, 0.1) is 13.2 Å². The maximum atomic E-state index is 5.61. The van der Waals surface area contributed by atoms with Crippen LogP contribution in [-0.2, 0) is 4.74 Å². The van der Waals surface area contributed by atoms with E-state index in [1.165, 1.54) is 81.5 Å². The van der Waals surface area contributed by atoms with Gasteiger partial charge >= 0.3 is 0 Å². The Morgan fingerprint density at radius 1 is 0.939 bits per heavy atom. The first-order valence-corrected chi connectivity index (χ1v) is 13.3. The first-order chi connectivity index (χ1) is 15.7. The number of hydrogen-bond acceptors (Lipinski definition) is 4. The van der Waals surface area contributed by atoms with Gasteiger partial charge in [-0.25, -0.2) is 0 Å². The lowest BCUT2D eigenvalue weighted by atomic mass is 9.70. The average Bonchev–Trinajstić information content (AvgIpc) is 3.69. The monoisotopic (exact) mass is 473 g/mol. The molecule has 0 spiro atoms. The summed E-state index contributed by atoms with van der Waals surface area (Å²) in [7, 11) is 0. The number of nitrogens with zero attached hydrogens (tertiary/aromatic N) is 3. The van der Waals surface area contributed by atoms with Gasteiger partial charge in [0.15, 0.2) is 0 Å². The lowest BCUT2D eigenvalue weighted by molar-refractivity contribution is 0.122. The first-order valence-electron chi connectivity index (χ1n) is 13.3. The van der Waals surface area contributed by atoms with Gasteiger partial charge in [-0.3, -0.25) is 4.90 Å². The zero-order chi connectivity index (χ0) is 22.0. The van der Waals surface area contributed by atoms with Crippen molar-refractivity contribution < 1.29 is 4.74 Å². The number of anilines is 2. The largest absolute Gasteiger partial charge is 0.378 e. The zero-order valence-electron chi connectivity index (χ0n) is 20.9. The van der Waals surface area contributed by atoms with Crippen molar-refractivity contribution in [1.29, 1.82) is 0 Å². The van der Waals surface area contributed by atoms with Crippen LogP contribution in [0.5, 0.6) is 0 Å². The second kappa shape index (κ2) is 11.0. The number of halogens is 1. The summed E-state index contributed by atoms with van der Waals surface area (Å²) in [5.41, 5.74) is 6.47. The number of benzene rings is 1. The van der Waals surface area contributed by atoms with Crippen molar-refractivity contribution in [3.8, 4) is 0 Å². The Hall–Kier alpha value is -1.23. The van der Waals surface area contributed by atoms with Crippen LogP contribution in [-0.4, -0.2) is 63.9 Å². The van der Waals surface area contributed by atoms with Gasteiger partial charge in [-0.2, -0.15) is 0 Å². The summed E-state index contributed by atoms with van der Waals surface area (Å²) in [6.07, 6.45) is 11.9. The Bertz CT molecular complexity index is 803. The molecule has 0 bridgehead atoms. The molecule has 1 saturated carbocycles. The number of allylic oxidation sites excluding steroid dienone is 2. The SMILES string of the molecule is CCC1(CC)CC=C(c2cc(N3CCOCC3)ccc2N2CCN(CC3CC3)CC2)CC1.Cl. The van der Waals surface area contributed by atoms with Crippen LogP contribution >= 0.6 is 12.4 Å². The Labute approximate surface area is 207 Å². The van der Waals surface area contributed by atoms with Crippen molar-refractivity contribution in [3.63, 3.8) is 0 Å². The molecule has 0 aromatic heterocycles. The van der Waals surface area contributed by atoms with Gasteiger partial charge in [0.2, 0.25) is 0 Å². The third kappa shape index (κ3) is 5.71. The summed E-state index contributed by atoms with van der Waals surface area (Å²) >= 11 is 0. The van der Waals surface area contributed by atoms with Gasteiger partial charge in [-0.15, -0.1) is 12.4 Å². The summed E-state index contributed by atoms with van der Waals surface area (Å²) in [5.74, 6) is 0.995. The van der Waals surface area contributed by atoms with E-state index in [0.29, 0.717) is 5.41 Å². The fraction of sp³-hybridized carbons (Fsp3) is 0.714. The normalized spacial score (nSPS) is 23.8. The van der Waals surface area contributed by atoms with Gasteiger partial charge in [0.25, 0.3) is 0 Å². The topological polar surface area (TPSA) is 19.0 Å². The molecule has 3 fully saturated rings. The summed E-state index contributed by atoms with van der Waals surface area (Å²) in [4.78, 5) is 7.88. The van der Waals surface area contributed by atoms with Crippen molar-refractivity contribution in [1.82, 2.24) is 4.90 Å². The molecular weight excluding hydrogens is 430 g/mol. The number of rotatable bonds is 7. The second-order valence-corrected chi connectivity index (χ2v) is 10.7. The third-order valence-electron chi connectivity index (χ3n) is 8.83. The van der Waals surface area contributed by atoms with Crippen molar-refractivity contribution in [3.05, 3.63) is 29.8 Å².